The number of hydrogen-bond donors (Lipinski definition) is 2. The molecule has 3 fully saturated rings. The number of esters is 1. The van der Waals surface area contributed by atoms with E-state index in [0.717, 1.165) is 12.8 Å². The molecule has 2 N–H and O–H groups in total. The molecule has 4 atom stereocenters. The van der Waals surface area contributed by atoms with Gasteiger partial charge in [0.15, 0.2) is 6.10 Å². The molecular weight excluding hydrogens is 396 g/mol. The first-order valence-corrected chi connectivity index (χ1v) is 12.2. The Morgan fingerprint density at radius 1 is 1.07 bits per heavy atom. The SMILES string of the molecule is C[C@@H](OC(=O)C1C[C@H]2CCC[C@@H](C1)C21SCCS1)C(=O)NC(=O)NC(C)(C)C. The molecule has 3 aliphatic rings. The predicted octanol–water partition coefficient (Wildman–Crippen LogP) is 3.55. The fourth-order valence-electron chi connectivity index (χ4n) is 4.71. The highest BCUT2D eigenvalue weighted by Crippen LogP contribution is 2.64. The smallest absolute Gasteiger partial charge is 0.321 e. The molecule has 158 valence electrons. The van der Waals surface area contributed by atoms with Gasteiger partial charge in [-0.05, 0) is 65.2 Å². The Bertz CT molecular complexity index is 612. The lowest BCUT2D eigenvalue weighted by atomic mass is 9.67. The summed E-state index contributed by atoms with van der Waals surface area (Å²) in [5.41, 5.74) is -0.448. The minimum atomic E-state index is -0.982. The minimum Gasteiger partial charge on any atom is -0.452 e. The zero-order valence-electron chi connectivity index (χ0n) is 17.2. The number of amides is 3. The van der Waals surface area contributed by atoms with Crippen LogP contribution in [-0.2, 0) is 14.3 Å². The second kappa shape index (κ2) is 8.46. The molecule has 2 bridgehead atoms. The average Bonchev–Trinajstić information content (AvgIpc) is 3.02. The van der Waals surface area contributed by atoms with E-state index in [9.17, 15) is 14.4 Å². The minimum absolute atomic E-state index is 0.138. The lowest BCUT2D eigenvalue weighted by Crippen LogP contribution is -2.51. The highest BCUT2D eigenvalue weighted by molar-refractivity contribution is 8.21. The van der Waals surface area contributed by atoms with Crippen molar-refractivity contribution in [3.05, 3.63) is 0 Å². The molecule has 8 heteroatoms. The van der Waals surface area contributed by atoms with E-state index in [1.807, 2.05) is 20.8 Å². The van der Waals surface area contributed by atoms with Crippen molar-refractivity contribution in [2.24, 2.45) is 17.8 Å². The summed E-state index contributed by atoms with van der Waals surface area (Å²) in [5.74, 6) is 2.50. The molecule has 1 heterocycles. The number of thioether (sulfide) groups is 2. The quantitative estimate of drug-likeness (QED) is 0.669. The number of nitrogens with one attached hydrogen (secondary N) is 2. The Morgan fingerprint density at radius 2 is 1.64 bits per heavy atom. The Hall–Kier alpha value is -0.890. The molecule has 0 radical (unpaired) electrons. The van der Waals surface area contributed by atoms with Gasteiger partial charge in [-0.2, -0.15) is 0 Å². The zero-order chi connectivity index (χ0) is 20.5. The second-order valence-electron chi connectivity index (χ2n) is 9.18. The predicted molar refractivity (Wildman–Crippen MR) is 113 cm³/mol. The van der Waals surface area contributed by atoms with Crippen LogP contribution in [0.2, 0.25) is 0 Å². The van der Waals surface area contributed by atoms with E-state index in [2.05, 4.69) is 34.2 Å². The van der Waals surface area contributed by atoms with Crippen LogP contribution in [0.3, 0.4) is 0 Å². The van der Waals surface area contributed by atoms with E-state index < -0.39 is 23.6 Å². The third kappa shape index (κ3) is 4.81. The van der Waals surface area contributed by atoms with Gasteiger partial charge < -0.3 is 10.1 Å². The van der Waals surface area contributed by atoms with E-state index in [-0.39, 0.29) is 11.9 Å². The maximum Gasteiger partial charge on any atom is 0.321 e. The Balaban J connectivity index is 1.53. The van der Waals surface area contributed by atoms with Crippen molar-refractivity contribution in [3.63, 3.8) is 0 Å². The number of hydrogen-bond acceptors (Lipinski definition) is 6. The molecule has 3 rings (SSSR count). The standard InChI is InChI=1S/C20H32N2O4S2/c1-12(16(23)21-18(25)22-19(2,3)4)26-17(24)13-10-14-6-5-7-15(11-13)20(14)27-8-9-28-20/h12-15H,5-11H2,1-4H3,(H2,21,22,23,25)/t12-,13?,14-,15+/m1/s1. The monoisotopic (exact) mass is 428 g/mol. The average molecular weight is 429 g/mol. The number of imide groups is 1. The number of carbonyl (C=O) groups is 3. The van der Waals surface area contributed by atoms with Gasteiger partial charge in [-0.25, -0.2) is 4.79 Å². The van der Waals surface area contributed by atoms with E-state index in [4.69, 9.17) is 4.74 Å². The molecule has 2 aliphatic carbocycles. The van der Waals surface area contributed by atoms with Crippen LogP contribution < -0.4 is 10.6 Å². The van der Waals surface area contributed by atoms with Gasteiger partial charge in [0.2, 0.25) is 0 Å². The number of rotatable bonds is 3. The summed E-state index contributed by atoms with van der Waals surface area (Å²) in [7, 11) is 0. The number of ether oxygens (including phenoxy) is 1. The second-order valence-corrected chi connectivity index (χ2v) is 12.2. The molecule has 6 nitrogen and oxygen atoms in total. The summed E-state index contributed by atoms with van der Waals surface area (Å²) in [6, 6.07) is -0.579. The summed E-state index contributed by atoms with van der Waals surface area (Å²) in [4.78, 5) is 36.8. The van der Waals surface area contributed by atoms with Crippen molar-refractivity contribution in [3.8, 4) is 0 Å². The fourth-order valence-corrected chi connectivity index (χ4v) is 8.65. The van der Waals surface area contributed by atoms with Crippen LogP contribution in [0.25, 0.3) is 0 Å². The molecule has 3 amide bonds. The van der Waals surface area contributed by atoms with Crippen LogP contribution in [0.1, 0.15) is 59.8 Å². The van der Waals surface area contributed by atoms with Crippen LogP contribution in [0.4, 0.5) is 4.79 Å². The van der Waals surface area contributed by atoms with Crippen LogP contribution in [0.15, 0.2) is 0 Å². The van der Waals surface area contributed by atoms with Gasteiger partial charge in [-0.1, -0.05) is 6.42 Å². The summed E-state index contributed by atoms with van der Waals surface area (Å²) in [6.07, 6.45) is 4.35. The first-order chi connectivity index (χ1) is 13.1. The lowest BCUT2D eigenvalue weighted by molar-refractivity contribution is -0.161. The third-order valence-corrected chi connectivity index (χ3v) is 9.86. The van der Waals surface area contributed by atoms with Crippen molar-refractivity contribution in [1.29, 1.82) is 0 Å². The van der Waals surface area contributed by atoms with Crippen molar-refractivity contribution in [1.82, 2.24) is 10.6 Å². The van der Waals surface area contributed by atoms with Crippen molar-refractivity contribution < 1.29 is 19.1 Å². The Labute approximate surface area is 176 Å². The third-order valence-electron chi connectivity index (χ3n) is 5.84. The van der Waals surface area contributed by atoms with E-state index >= 15 is 0 Å². The Morgan fingerprint density at radius 3 is 2.18 bits per heavy atom. The van der Waals surface area contributed by atoms with E-state index in [1.54, 1.807) is 0 Å². The van der Waals surface area contributed by atoms with Gasteiger partial charge in [-0.15, -0.1) is 23.5 Å². The topological polar surface area (TPSA) is 84.5 Å². The molecule has 0 aromatic heterocycles. The maximum atomic E-state index is 12.7. The summed E-state index contributed by atoms with van der Waals surface area (Å²) < 4.78 is 5.76. The van der Waals surface area contributed by atoms with Crippen molar-refractivity contribution in [2.75, 3.05) is 11.5 Å². The van der Waals surface area contributed by atoms with Crippen LogP contribution >= 0.6 is 23.5 Å². The molecule has 28 heavy (non-hydrogen) atoms. The van der Waals surface area contributed by atoms with Crippen LogP contribution in [0.5, 0.6) is 0 Å². The van der Waals surface area contributed by atoms with Gasteiger partial charge in [0, 0.05) is 17.0 Å². The largest absolute Gasteiger partial charge is 0.452 e. The van der Waals surface area contributed by atoms with Gasteiger partial charge >= 0.3 is 12.0 Å². The lowest BCUT2D eigenvalue weighted by Gasteiger charge is -2.51. The molecule has 1 spiro atoms. The highest BCUT2D eigenvalue weighted by atomic mass is 32.2. The first kappa shape index (κ1) is 21.8. The number of carbonyl (C=O) groups excluding carboxylic acids is 3. The molecule has 1 unspecified atom stereocenters. The highest BCUT2D eigenvalue weighted by Gasteiger charge is 2.55. The summed E-state index contributed by atoms with van der Waals surface area (Å²) in [5, 5.41) is 4.91. The fraction of sp³-hybridized carbons (Fsp3) is 0.850. The van der Waals surface area contributed by atoms with E-state index in [1.165, 1.54) is 37.7 Å². The summed E-state index contributed by atoms with van der Waals surface area (Å²) in [6.45, 7) is 7.00. The van der Waals surface area contributed by atoms with Gasteiger partial charge in [0.25, 0.3) is 5.91 Å². The van der Waals surface area contributed by atoms with Gasteiger partial charge in [-0.3, -0.25) is 14.9 Å². The van der Waals surface area contributed by atoms with Crippen molar-refractivity contribution >= 4 is 41.4 Å². The summed E-state index contributed by atoms with van der Waals surface area (Å²) >= 11 is 4.21. The zero-order valence-corrected chi connectivity index (χ0v) is 18.8. The first-order valence-electron chi connectivity index (χ1n) is 10.2. The van der Waals surface area contributed by atoms with Gasteiger partial charge in [0.05, 0.1) is 10.00 Å². The van der Waals surface area contributed by atoms with Crippen molar-refractivity contribution in [2.45, 2.75) is 75.5 Å². The Kier molecular flexibility index (Phi) is 6.59. The normalized spacial score (nSPS) is 29.8. The molecule has 1 aliphatic heterocycles. The van der Waals surface area contributed by atoms with Crippen LogP contribution in [0, 0.1) is 17.8 Å². The van der Waals surface area contributed by atoms with E-state index in [0.29, 0.717) is 15.9 Å². The molecule has 0 aromatic rings. The molecular formula is C20H32N2O4S2. The molecule has 1 saturated heterocycles. The molecule has 0 aromatic carbocycles. The van der Waals surface area contributed by atoms with Crippen LogP contribution in [-0.4, -0.2) is 45.1 Å². The number of urea groups is 1. The van der Waals surface area contributed by atoms with Gasteiger partial charge in [0.1, 0.15) is 0 Å². The molecule has 2 saturated carbocycles. The maximum absolute atomic E-state index is 12.7.